The summed E-state index contributed by atoms with van der Waals surface area (Å²) in [6.07, 6.45) is 0. The molecular weight excluding hydrogens is 469 g/mol. The molecule has 6 heteroatoms. The van der Waals surface area contributed by atoms with Crippen LogP contribution in [-0.2, 0) is 13.1 Å². The van der Waals surface area contributed by atoms with Crippen molar-refractivity contribution >= 4 is 47.8 Å². The van der Waals surface area contributed by atoms with E-state index >= 15 is 0 Å². The molecule has 0 aliphatic heterocycles. The summed E-state index contributed by atoms with van der Waals surface area (Å²) in [6, 6.07) is 8.67. The van der Waals surface area contributed by atoms with Gasteiger partial charge in [0.2, 0.25) is 0 Å². The van der Waals surface area contributed by atoms with Crippen LogP contribution in [0.25, 0.3) is 0 Å². The van der Waals surface area contributed by atoms with E-state index in [2.05, 4.69) is 53.1 Å². The average Bonchev–Trinajstić information content (AvgIpc) is 2.42. The van der Waals surface area contributed by atoms with Crippen molar-refractivity contribution in [3.8, 4) is 5.75 Å². The van der Waals surface area contributed by atoms with E-state index in [0.717, 1.165) is 30.3 Å². The maximum absolute atomic E-state index is 13.2. The van der Waals surface area contributed by atoms with Gasteiger partial charge in [0.1, 0.15) is 11.6 Å². The van der Waals surface area contributed by atoms with Gasteiger partial charge in [0.25, 0.3) is 0 Å². The first-order valence-corrected chi connectivity index (χ1v) is 8.55. The van der Waals surface area contributed by atoms with E-state index in [0.29, 0.717) is 13.1 Å². The van der Waals surface area contributed by atoms with Crippen LogP contribution in [0.2, 0.25) is 0 Å². The van der Waals surface area contributed by atoms with Crippen LogP contribution in [0.4, 0.5) is 4.39 Å². The second-order valence-corrected chi connectivity index (χ2v) is 7.00. The van der Waals surface area contributed by atoms with E-state index in [1.807, 2.05) is 12.1 Å². The van der Waals surface area contributed by atoms with Gasteiger partial charge in [0.15, 0.2) is 0 Å². The van der Waals surface area contributed by atoms with Crippen LogP contribution in [0, 0.1) is 5.82 Å². The van der Waals surface area contributed by atoms with E-state index in [1.165, 1.54) is 12.1 Å². The van der Waals surface area contributed by atoms with Crippen molar-refractivity contribution in [2.45, 2.75) is 13.1 Å². The summed E-state index contributed by atoms with van der Waals surface area (Å²) in [4.78, 5) is 0. The lowest BCUT2D eigenvalue weighted by Gasteiger charge is -2.11. The lowest BCUT2D eigenvalue weighted by atomic mass is 10.2. The first-order chi connectivity index (χ1) is 10.0. The Balaban J connectivity index is 2.02. The fourth-order valence-electron chi connectivity index (χ4n) is 1.93. The van der Waals surface area contributed by atoms with E-state index < -0.39 is 0 Å². The molecular formula is C15H13Br3FNO. The molecule has 2 nitrogen and oxygen atoms in total. The molecule has 21 heavy (non-hydrogen) atoms. The molecule has 2 aromatic rings. The van der Waals surface area contributed by atoms with E-state index in [9.17, 15) is 4.39 Å². The van der Waals surface area contributed by atoms with Crippen molar-refractivity contribution in [1.82, 2.24) is 5.32 Å². The molecule has 0 amide bonds. The number of ether oxygens (including phenoxy) is 1. The lowest BCUT2D eigenvalue weighted by molar-refractivity contribution is 0.409. The number of halogens is 4. The van der Waals surface area contributed by atoms with Crippen LogP contribution >= 0.6 is 47.8 Å². The maximum Gasteiger partial charge on any atom is 0.147 e. The molecule has 0 unspecified atom stereocenters. The number of hydrogen-bond donors (Lipinski definition) is 1. The average molecular weight is 482 g/mol. The third-order valence-electron chi connectivity index (χ3n) is 2.91. The topological polar surface area (TPSA) is 21.3 Å². The van der Waals surface area contributed by atoms with Crippen LogP contribution < -0.4 is 10.1 Å². The van der Waals surface area contributed by atoms with Gasteiger partial charge >= 0.3 is 0 Å². The molecule has 0 aliphatic rings. The largest absolute Gasteiger partial charge is 0.494 e. The number of nitrogens with one attached hydrogen (secondary N) is 1. The molecule has 1 N–H and O–H groups in total. The highest BCUT2D eigenvalue weighted by Crippen LogP contribution is 2.34. The number of benzene rings is 2. The van der Waals surface area contributed by atoms with E-state index in [-0.39, 0.29) is 5.82 Å². The van der Waals surface area contributed by atoms with Crippen LogP contribution in [0.3, 0.4) is 0 Å². The van der Waals surface area contributed by atoms with Gasteiger partial charge in [-0.25, -0.2) is 4.39 Å². The van der Waals surface area contributed by atoms with E-state index in [4.69, 9.17) is 4.74 Å². The minimum atomic E-state index is -0.232. The normalized spacial score (nSPS) is 10.7. The summed E-state index contributed by atoms with van der Waals surface area (Å²) in [5, 5.41) is 3.30. The fraction of sp³-hybridized carbons (Fsp3) is 0.200. The van der Waals surface area contributed by atoms with Gasteiger partial charge in [0, 0.05) is 17.6 Å². The first-order valence-electron chi connectivity index (χ1n) is 6.18. The predicted molar refractivity (Wildman–Crippen MR) is 93.0 cm³/mol. The van der Waals surface area contributed by atoms with Crippen LogP contribution in [0.15, 0.2) is 43.7 Å². The molecule has 0 saturated carbocycles. The molecule has 0 fully saturated rings. The molecule has 2 aromatic carbocycles. The molecule has 0 saturated heterocycles. The molecule has 0 aromatic heterocycles. The summed E-state index contributed by atoms with van der Waals surface area (Å²) in [7, 11) is 1.63. The lowest BCUT2D eigenvalue weighted by Crippen LogP contribution is -2.13. The van der Waals surface area contributed by atoms with Crippen molar-refractivity contribution in [3.05, 3.63) is 60.7 Å². The number of rotatable bonds is 5. The molecule has 112 valence electrons. The van der Waals surface area contributed by atoms with Gasteiger partial charge in [0.05, 0.1) is 16.1 Å². The SMILES string of the molecule is COc1c(Br)cc(CNCc2cc(F)ccc2Br)cc1Br. The Morgan fingerprint density at radius 3 is 2.29 bits per heavy atom. The third kappa shape index (κ3) is 4.52. The highest BCUT2D eigenvalue weighted by molar-refractivity contribution is 9.11. The highest BCUT2D eigenvalue weighted by Gasteiger charge is 2.08. The van der Waals surface area contributed by atoms with Gasteiger partial charge in [-0.1, -0.05) is 15.9 Å². The van der Waals surface area contributed by atoms with Gasteiger partial charge in [-0.15, -0.1) is 0 Å². The molecule has 0 bridgehead atoms. The second kappa shape index (κ2) is 7.72. The standard InChI is InChI=1S/C15H13Br3FNO/c1-21-15-13(17)4-9(5-14(15)18)7-20-8-10-6-11(19)2-3-12(10)16/h2-6,20H,7-8H2,1H3. The van der Waals surface area contributed by atoms with Crippen molar-refractivity contribution < 1.29 is 9.13 Å². The third-order valence-corrected chi connectivity index (χ3v) is 4.87. The zero-order valence-electron chi connectivity index (χ0n) is 11.2. The highest BCUT2D eigenvalue weighted by atomic mass is 79.9. The minimum Gasteiger partial charge on any atom is -0.494 e. The smallest absolute Gasteiger partial charge is 0.147 e. The number of methoxy groups -OCH3 is 1. The maximum atomic E-state index is 13.2. The summed E-state index contributed by atoms with van der Waals surface area (Å²) >= 11 is 10.4. The molecule has 0 atom stereocenters. The summed E-state index contributed by atoms with van der Waals surface area (Å²) in [5.74, 6) is 0.538. The van der Waals surface area contributed by atoms with Gasteiger partial charge in [-0.3, -0.25) is 0 Å². The molecule has 0 heterocycles. The second-order valence-electron chi connectivity index (χ2n) is 4.43. The number of hydrogen-bond acceptors (Lipinski definition) is 2. The van der Waals surface area contributed by atoms with Crippen LogP contribution in [0.5, 0.6) is 5.75 Å². The predicted octanol–water partition coefficient (Wildman–Crippen LogP) is 5.41. The summed E-state index contributed by atoms with van der Waals surface area (Å²) in [6.45, 7) is 1.25. The molecule has 2 rings (SSSR count). The van der Waals surface area contributed by atoms with Crippen LogP contribution in [0.1, 0.15) is 11.1 Å². The van der Waals surface area contributed by atoms with Crippen molar-refractivity contribution in [2.24, 2.45) is 0 Å². The van der Waals surface area contributed by atoms with Crippen LogP contribution in [-0.4, -0.2) is 7.11 Å². The van der Waals surface area contributed by atoms with Crippen molar-refractivity contribution in [3.63, 3.8) is 0 Å². The first kappa shape index (κ1) is 16.9. The zero-order valence-corrected chi connectivity index (χ0v) is 16.0. The summed E-state index contributed by atoms with van der Waals surface area (Å²) < 4.78 is 21.2. The Hall–Kier alpha value is -0.430. The van der Waals surface area contributed by atoms with Gasteiger partial charge in [-0.05, 0) is 73.3 Å². The Morgan fingerprint density at radius 2 is 1.67 bits per heavy atom. The Kier molecular flexibility index (Phi) is 6.22. The summed E-state index contributed by atoms with van der Waals surface area (Å²) in [5.41, 5.74) is 1.99. The molecule has 0 aliphatic carbocycles. The van der Waals surface area contributed by atoms with E-state index in [1.54, 1.807) is 13.2 Å². The Labute approximate surface area is 148 Å². The van der Waals surface area contributed by atoms with Gasteiger partial charge in [-0.2, -0.15) is 0 Å². The Morgan fingerprint density at radius 1 is 1.00 bits per heavy atom. The van der Waals surface area contributed by atoms with Crippen molar-refractivity contribution in [2.75, 3.05) is 7.11 Å². The zero-order chi connectivity index (χ0) is 15.4. The molecule has 0 spiro atoms. The fourth-order valence-corrected chi connectivity index (χ4v) is 3.92. The van der Waals surface area contributed by atoms with Crippen molar-refractivity contribution in [1.29, 1.82) is 0 Å². The quantitative estimate of drug-likeness (QED) is 0.616. The molecule has 0 radical (unpaired) electrons. The van der Waals surface area contributed by atoms with Gasteiger partial charge < -0.3 is 10.1 Å². The Bertz CT molecular complexity index is 626. The monoisotopic (exact) mass is 479 g/mol. The minimum absolute atomic E-state index is 0.232.